The summed E-state index contributed by atoms with van der Waals surface area (Å²) in [5, 5.41) is 7.69. The number of nitrogens with zero attached hydrogens (tertiary/aromatic N) is 4. The zero-order valence-electron chi connectivity index (χ0n) is 19.6. The Balaban J connectivity index is 1.72. The van der Waals surface area contributed by atoms with Gasteiger partial charge in [-0.3, -0.25) is 19.7 Å². The minimum Gasteiger partial charge on any atom is -0.496 e. The number of ether oxygens (including phenoxy) is 2. The summed E-state index contributed by atoms with van der Waals surface area (Å²) >= 11 is 0. The fourth-order valence-electron chi connectivity index (χ4n) is 4.44. The molecule has 0 saturated carbocycles. The van der Waals surface area contributed by atoms with Gasteiger partial charge in [-0.05, 0) is 32.9 Å². The number of hydrogen-bond acceptors (Lipinski definition) is 6. The van der Waals surface area contributed by atoms with Gasteiger partial charge in [0.05, 0.1) is 19.9 Å². The molecular formula is C24H33N5O3. The zero-order chi connectivity index (χ0) is 22.8. The Bertz CT molecular complexity index is 1140. The molecule has 172 valence electrons. The summed E-state index contributed by atoms with van der Waals surface area (Å²) in [6.07, 6.45) is 3.52. The molecule has 0 radical (unpaired) electrons. The van der Waals surface area contributed by atoms with E-state index >= 15 is 0 Å². The Morgan fingerprint density at radius 1 is 1.12 bits per heavy atom. The first kappa shape index (κ1) is 22.4. The van der Waals surface area contributed by atoms with Gasteiger partial charge < -0.3 is 14.0 Å². The number of aromatic nitrogens is 3. The summed E-state index contributed by atoms with van der Waals surface area (Å²) < 4.78 is 13.4. The second-order valence-corrected chi connectivity index (χ2v) is 8.62. The van der Waals surface area contributed by atoms with Crippen LogP contribution in [-0.2, 0) is 13.6 Å². The maximum atomic E-state index is 12.5. The van der Waals surface area contributed by atoms with Crippen molar-refractivity contribution in [2.75, 3.05) is 39.9 Å². The average molecular weight is 440 g/mol. The molecule has 1 aromatic carbocycles. The Labute approximate surface area is 188 Å². The number of hydrogen-bond donors (Lipinski definition) is 1. The number of pyridine rings is 1. The van der Waals surface area contributed by atoms with E-state index in [-0.39, 0.29) is 5.56 Å². The first-order valence-electron chi connectivity index (χ1n) is 11.3. The van der Waals surface area contributed by atoms with E-state index in [4.69, 9.17) is 9.47 Å². The maximum Gasteiger partial charge on any atom is 0.276 e. The van der Waals surface area contributed by atoms with Gasteiger partial charge in [0.25, 0.3) is 5.56 Å². The number of aromatic amines is 1. The quantitative estimate of drug-likeness (QED) is 0.610. The highest BCUT2D eigenvalue weighted by Crippen LogP contribution is 2.39. The number of rotatable bonds is 7. The third kappa shape index (κ3) is 4.25. The van der Waals surface area contributed by atoms with Crippen molar-refractivity contribution in [2.24, 2.45) is 7.05 Å². The van der Waals surface area contributed by atoms with E-state index in [0.717, 1.165) is 66.3 Å². The monoisotopic (exact) mass is 439 g/mol. The van der Waals surface area contributed by atoms with E-state index in [1.54, 1.807) is 24.9 Å². The molecule has 0 atom stereocenters. The summed E-state index contributed by atoms with van der Waals surface area (Å²) in [4.78, 5) is 17.4. The van der Waals surface area contributed by atoms with Crippen LogP contribution in [0.1, 0.15) is 26.3 Å². The number of piperazine rings is 1. The predicted octanol–water partition coefficient (Wildman–Crippen LogP) is 2.86. The molecule has 0 unspecified atom stereocenters. The van der Waals surface area contributed by atoms with Crippen LogP contribution in [0.2, 0.25) is 0 Å². The number of benzene rings is 1. The lowest BCUT2D eigenvalue weighted by Crippen LogP contribution is -2.48. The second kappa shape index (κ2) is 9.34. The van der Waals surface area contributed by atoms with E-state index in [2.05, 4.69) is 39.9 Å². The Hall–Kier alpha value is -2.84. The van der Waals surface area contributed by atoms with Gasteiger partial charge in [-0.15, -0.1) is 0 Å². The standard InChI is InChI=1S/C24H33N5O3/c1-6-32-21-12-18(20-15-27(4)24(30)23-19(20)13-25-26-23)22(31-5)11-17(21)14-28-7-9-29(10-8-28)16(2)3/h11-13,15-16H,6-10,14H2,1-5H3,(H,25,26). The van der Waals surface area contributed by atoms with Crippen molar-refractivity contribution in [3.63, 3.8) is 0 Å². The lowest BCUT2D eigenvalue weighted by molar-refractivity contribution is 0.103. The Kier molecular flexibility index (Phi) is 6.53. The van der Waals surface area contributed by atoms with E-state index in [9.17, 15) is 4.79 Å². The molecule has 0 spiro atoms. The van der Waals surface area contributed by atoms with Crippen LogP contribution >= 0.6 is 0 Å². The highest BCUT2D eigenvalue weighted by Gasteiger charge is 2.22. The van der Waals surface area contributed by atoms with Crippen LogP contribution in [0.5, 0.6) is 11.5 Å². The van der Waals surface area contributed by atoms with Gasteiger partial charge in [-0.25, -0.2) is 0 Å². The Morgan fingerprint density at radius 3 is 2.53 bits per heavy atom. The van der Waals surface area contributed by atoms with E-state index < -0.39 is 0 Å². The molecule has 4 rings (SSSR count). The number of methoxy groups -OCH3 is 1. The molecule has 0 bridgehead atoms. The fourth-order valence-corrected chi connectivity index (χ4v) is 4.44. The first-order valence-corrected chi connectivity index (χ1v) is 11.3. The van der Waals surface area contributed by atoms with Crippen LogP contribution in [0, 0.1) is 0 Å². The fraction of sp³-hybridized carbons (Fsp3) is 0.500. The van der Waals surface area contributed by atoms with Gasteiger partial charge in [-0.2, -0.15) is 5.10 Å². The molecule has 1 aliphatic rings. The highest BCUT2D eigenvalue weighted by molar-refractivity contribution is 5.95. The average Bonchev–Trinajstić information content (AvgIpc) is 3.28. The van der Waals surface area contributed by atoms with Crippen molar-refractivity contribution in [3.8, 4) is 22.6 Å². The molecule has 3 heterocycles. The van der Waals surface area contributed by atoms with Crippen LogP contribution in [0.15, 0.2) is 29.3 Å². The van der Waals surface area contributed by atoms with Crippen molar-refractivity contribution in [2.45, 2.75) is 33.4 Å². The van der Waals surface area contributed by atoms with E-state index in [1.165, 1.54) is 0 Å². The first-order chi connectivity index (χ1) is 15.4. The summed E-state index contributed by atoms with van der Waals surface area (Å²) in [7, 11) is 3.42. The molecule has 3 aromatic rings. The van der Waals surface area contributed by atoms with Gasteiger partial charge in [0.15, 0.2) is 0 Å². The van der Waals surface area contributed by atoms with Crippen LogP contribution in [0.3, 0.4) is 0 Å². The maximum absolute atomic E-state index is 12.5. The van der Waals surface area contributed by atoms with E-state index in [1.807, 2.05) is 19.2 Å². The number of nitrogens with one attached hydrogen (secondary N) is 1. The molecule has 0 aliphatic carbocycles. The van der Waals surface area contributed by atoms with Crippen LogP contribution in [-0.4, -0.2) is 70.5 Å². The van der Waals surface area contributed by atoms with Crippen LogP contribution in [0.4, 0.5) is 0 Å². The van der Waals surface area contributed by atoms with E-state index in [0.29, 0.717) is 18.2 Å². The molecule has 8 nitrogen and oxygen atoms in total. The molecule has 1 fully saturated rings. The summed E-state index contributed by atoms with van der Waals surface area (Å²) in [5.41, 5.74) is 3.25. The molecule has 2 aromatic heterocycles. The SMILES string of the molecule is CCOc1cc(-c2cn(C)c(=O)c3[nH]ncc23)c(OC)cc1CN1CCN(C(C)C)CC1. The minimum atomic E-state index is -0.109. The lowest BCUT2D eigenvalue weighted by Gasteiger charge is -2.37. The largest absolute Gasteiger partial charge is 0.496 e. The number of H-pyrrole nitrogens is 1. The van der Waals surface area contributed by atoms with Crippen LogP contribution < -0.4 is 15.0 Å². The van der Waals surface area contributed by atoms with Gasteiger partial charge in [0.1, 0.15) is 17.0 Å². The smallest absolute Gasteiger partial charge is 0.276 e. The normalized spacial score (nSPS) is 15.6. The second-order valence-electron chi connectivity index (χ2n) is 8.62. The Morgan fingerprint density at radius 2 is 1.88 bits per heavy atom. The van der Waals surface area contributed by atoms with Gasteiger partial charge in [0, 0.05) is 74.1 Å². The minimum absolute atomic E-state index is 0.109. The topological polar surface area (TPSA) is 75.6 Å². The van der Waals surface area contributed by atoms with Gasteiger partial charge >= 0.3 is 0 Å². The van der Waals surface area contributed by atoms with Crippen molar-refractivity contribution in [1.82, 2.24) is 24.6 Å². The van der Waals surface area contributed by atoms with Crippen molar-refractivity contribution in [3.05, 3.63) is 40.4 Å². The lowest BCUT2D eigenvalue weighted by atomic mass is 10.00. The molecular weight excluding hydrogens is 406 g/mol. The summed E-state index contributed by atoms with van der Waals surface area (Å²) in [6, 6.07) is 4.69. The van der Waals surface area contributed by atoms with Crippen molar-refractivity contribution in [1.29, 1.82) is 0 Å². The van der Waals surface area contributed by atoms with Crippen molar-refractivity contribution < 1.29 is 9.47 Å². The third-order valence-electron chi connectivity index (χ3n) is 6.29. The van der Waals surface area contributed by atoms with Crippen LogP contribution in [0.25, 0.3) is 22.0 Å². The van der Waals surface area contributed by atoms with Gasteiger partial charge in [0.2, 0.25) is 0 Å². The molecule has 32 heavy (non-hydrogen) atoms. The third-order valence-corrected chi connectivity index (χ3v) is 6.29. The number of aryl methyl sites for hydroxylation is 1. The summed E-state index contributed by atoms with van der Waals surface area (Å²) in [6.45, 7) is 12.1. The molecule has 8 heteroatoms. The molecule has 1 aliphatic heterocycles. The summed E-state index contributed by atoms with van der Waals surface area (Å²) in [5.74, 6) is 1.60. The predicted molar refractivity (Wildman–Crippen MR) is 126 cm³/mol. The van der Waals surface area contributed by atoms with Crippen molar-refractivity contribution >= 4 is 10.9 Å². The van der Waals surface area contributed by atoms with Gasteiger partial charge in [-0.1, -0.05) is 0 Å². The molecule has 0 amide bonds. The highest BCUT2D eigenvalue weighted by atomic mass is 16.5. The molecule has 1 N–H and O–H groups in total. The zero-order valence-corrected chi connectivity index (χ0v) is 19.6. The molecule has 1 saturated heterocycles. The number of fused-ring (bicyclic) bond motifs is 1.